The van der Waals surface area contributed by atoms with Gasteiger partial charge in [0.2, 0.25) is 0 Å². The molecule has 0 aromatic heterocycles. The number of para-hydroxylation sites is 1. The molecular weight excluding hydrogens is 168 g/mol. The van der Waals surface area contributed by atoms with Gasteiger partial charge in [0.25, 0.3) is 0 Å². The molecule has 1 nitrogen and oxygen atoms in total. The molecule has 0 fully saturated rings. The second-order valence-electron chi connectivity index (χ2n) is 2.81. The van der Waals surface area contributed by atoms with E-state index in [0.717, 1.165) is 30.6 Å². The van der Waals surface area contributed by atoms with Gasteiger partial charge in [-0.05, 0) is 36.6 Å². The predicted octanol–water partition coefficient (Wildman–Crippen LogP) is 2.64. The van der Waals surface area contributed by atoms with Crippen LogP contribution in [0.3, 0.4) is 0 Å². The van der Waals surface area contributed by atoms with E-state index in [4.69, 9.17) is 0 Å². The number of aryl methyl sites for hydroxylation is 1. The van der Waals surface area contributed by atoms with Gasteiger partial charge in [0.15, 0.2) is 0 Å². The quantitative estimate of drug-likeness (QED) is 0.542. The van der Waals surface area contributed by atoms with E-state index < -0.39 is 0 Å². The SMILES string of the molecule is Oc1ccccc1CCCCS. The summed E-state index contributed by atoms with van der Waals surface area (Å²) in [4.78, 5) is 0. The summed E-state index contributed by atoms with van der Waals surface area (Å²) >= 11 is 4.13. The molecule has 1 rings (SSSR count). The molecule has 1 N–H and O–H groups in total. The number of thiol groups is 1. The van der Waals surface area contributed by atoms with Crippen LogP contribution in [0.1, 0.15) is 18.4 Å². The molecule has 0 bridgehead atoms. The minimum atomic E-state index is 0.414. The Labute approximate surface area is 78.8 Å². The van der Waals surface area contributed by atoms with Crippen LogP contribution in [-0.4, -0.2) is 10.9 Å². The summed E-state index contributed by atoms with van der Waals surface area (Å²) in [6, 6.07) is 7.50. The van der Waals surface area contributed by atoms with Gasteiger partial charge in [0.1, 0.15) is 5.75 Å². The van der Waals surface area contributed by atoms with Crippen LogP contribution in [0.5, 0.6) is 5.75 Å². The Morgan fingerprint density at radius 2 is 1.92 bits per heavy atom. The van der Waals surface area contributed by atoms with Gasteiger partial charge in [-0.15, -0.1) is 0 Å². The molecule has 1 aromatic rings. The number of hydrogen-bond donors (Lipinski definition) is 2. The summed E-state index contributed by atoms with van der Waals surface area (Å²) in [7, 11) is 0. The smallest absolute Gasteiger partial charge is 0.118 e. The van der Waals surface area contributed by atoms with Crippen LogP contribution in [0.15, 0.2) is 24.3 Å². The van der Waals surface area contributed by atoms with Crippen molar-refractivity contribution in [3.63, 3.8) is 0 Å². The molecule has 0 saturated carbocycles. The van der Waals surface area contributed by atoms with Gasteiger partial charge in [-0.2, -0.15) is 12.6 Å². The maximum atomic E-state index is 9.39. The lowest BCUT2D eigenvalue weighted by atomic mass is 10.1. The van der Waals surface area contributed by atoms with E-state index in [-0.39, 0.29) is 0 Å². The standard InChI is InChI=1S/C10H14OS/c11-10-7-2-1-5-9(10)6-3-4-8-12/h1-2,5,7,11-12H,3-4,6,8H2. The van der Waals surface area contributed by atoms with Crippen LogP contribution >= 0.6 is 12.6 Å². The van der Waals surface area contributed by atoms with Crippen molar-refractivity contribution in [3.8, 4) is 5.75 Å². The molecule has 0 aliphatic heterocycles. The van der Waals surface area contributed by atoms with Crippen molar-refractivity contribution in [3.05, 3.63) is 29.8 Å². The summed E-state index contributed by atoms with van der Waals surface area (Å²) in [5.41, 5.74) is 1.04. The topological polar surface area (TPSA) is 20.2 Å². The van der Waals surface area contributed by atoms with Gasteiger partial charge >= 0.3 is 0 Å². The van der Waals surface area contributed by atoms with E-state index >= 15 is 0 Å². The van der Waals surface area contributed by atoms with Crippen LogP contribution in [0.4, 0.5) is 0 Å². The Bertz CT molecular complexity index is 235. The second kappa shape index (κ2) is 5.09. The van der Waals surface area contributed by atoms with Crippen LogP contribution in [0.2, 0.25) is 0 Å². The zero-order chi connectivity index (χ0) is 8.81. The van der Waals surface area contributed by atoms with Crippen molar-refractivity contribution in [2.45, 2.75) is 19.3 Å². The zero-order valence-corrected chi connectivity index (χ0v) is 7.93. The Kier molecular flexibility index (Phi) is 4.01. The molecule has 0 aliphatic carbocycles. The molecule has 0 spiro atoms. The fourth-order valence-corrected chi connectivity index (χ4v) is 1.37. The maximum absolute atomic E-state index is 9.39. The Hall–Kier alpha value is -0.630. The largest absolute Gasteiger partial charge is 0.508 e. The number of aromatic hydroxyl groups is 1. The number of benzene rings is 1. The Morgan fingerprint density at radius 1 is 1.17 bits per heavy atom. The monoisotopic (exact) mass is 182 g/mol. The highest BCUT2D eigenvalue weighted by atomic mass is 32.1. The molecule has 66 valence electrons. The van der Waals surface area contributed by atoms with Crippen molar-refractivity contribution in [1.82, 2.24) is 0 Å². The van der Waals surface area contributed by atoms with Crippen molar-refractivity contribution in [2.75, 3.05) is 5.75 Å². The van der Waals surface area contributed by atoms with E-state index in [9.17, 15) is 5.11 Å². The predicted molar refractivity (Wildman–Crippen MR) is 54.9 cm³/mol. The van der Waals surface area contributed by atoms with E-state index in [1.807, 2.05) is 18.2 Å². The first kappa shape index (κ1) is 9.46. The number of hydrogen-bond acceptors (Lipinski definition) is 2. The lowest BCUT2D eigenvalue weighted by Crippen LogP contribution is -1.86. The maximum Gasteiger partial charge on any atom is 0.118 e. The summed E-state index contributed by atoms with van der Waals surface area (Å²) in [5.74, 6) is 1.34. The molecule has 0 atom stereocenters. The van der Waals surface area contributed by atoms with Crippen LogP contribution in [-0.2, 0) is 6.42 Å². The fourth-order valence-electron chi connectivity index (χ4n) is 1.15. The van der Waals surface area contributed by atoms with Crippen LogP contribution in [0.25, 0.3) is 0 Å². The fraction of sp³-hybridized carbons (Fsp3) is 0.400. The van der Waals surface area contributed by atoms with E-state index in [2.05, 4.69) is 12.6 Å². The van der Waals surface area contributed by atoms with Gasteiger partial charge in [0, 0.05) is 0 Å². The average molecular weight is 182 g/mol. The molecular formula is C10H14OS. The molecule has 0 aliphatic rings. The molecule has 0 radical (unpaired) electrons. The highest BCUT2D eigenvalue weighted by Gasteiger charge is 1.97. The van der Waals surface area contributed by atoms with E-state index in [1.54, 1.807) is 6.07 Å². The first-order chi connectivity index (χ1) is 5.84. The van der Waals surface area contributed by atoms with Crippen molar-refractivity contribution >= 4 is 12.6 Å². The average Bonchev–Trinajstić information content (AvgIpc) is 2.09. The van der Waals surface area contributed by atoms with E-state index in [0.29, 0.717) is 5.75 Å². The molecule has 1 aromatic carbocycles. The highest BCUT2D eigenvalue weighted by Crippen LogP contribution is 2.17. The van der Waals surface area contributed by atoms with Crippen molar-refractivity contribution in [2.24, 2.45) is 0 Å². The van der Waals surface area contributed by atoms with Gasteiger partial charge in [-0.25, -0.2) is 0 Å². The Morgan fingerprint density at radius 3 is 2.58 bits per heavy atom. The lowest BCUT2D eigenvalue weighted by Gasteiger charge is -2.02. The summed E-state index contributed by atoms with van der Waals surface area (Å²) in [5, 5.41) is 9.39. The zero-order valence-electron chi connectivity index (χ0n) is 7.03. The Balaban J connectivity index is 2.46. The summed E-state index contributed by atoms with van der Waals surface area (Å²) < 4.78 is 0. The lowest BCUT2D eigenvalue weighted by molar-refractivity contribution is 0.467. The molecule has 2 heteroatoms. The minimum Gasteiger partial charge on any atom is -0.508 e. The first-order valence-corrected chi connectivity index (χ1v) is 4.85. The number of rotatable bonds is 4. The molecule has 0 heterocycles. The molecule has 12 heavy (non-hydrogen) atoms. The second-order valence-corrected chi connectivity index (χ2v) is 3.26. The third-order valence-electron chi connectivity index (χ3n) is 1.85. The third kappa shape index (κ3) is 2.78. The highest BCUT2D eigenvalue weighted by molar-refractivity contribution is 7.80. The van der Waals surface area contributed by atoms with Gasteiger partial charge in [-0.3, -0.25) is 0 Å². The number of phenolic OH excluding ortho intramolecular Hbond substituents is 1. The van der Waals surface area contributed by atoms with Crippen molar-refractivity contribution in [1.29, 1.82) is 0 Å². The third-order valence-corrected chi connectivity index (χ3v) is 2.16. The first-order valence-electron chi connectivity index (χ1n) is 4.22. The van der Waals surface area contributed by atoms with E-state index in [1.165, 1.54) is 0 Å². The summed E-state index contributed by atoms with van der Waals surface area (Å²) in [6.45, 7) is 0. The van der Waals surface area contributed by atoms with Crippen molar-refractivity contribution < 1.29 is 5.11 Å². The normalized spacial score (nSPS) is 10.1. The molecule has 0 amide bonds. The van der Waals surface area contributed by atoms with Crippen LogP contribution < -0.4 is 0 Å². The number of unbranched alkanes of at least 4 members (excludes halogenated alkanes) is 1. The molecule has 0 unspecified atom stereocenters. The molecule has 0 saturated heterocycles. The number of phenols is 1. The summed E-state index contributed by atoms with van der Waals surface area (Å²) in [6.07, 6.45) is 3.16. The van der Waals surface area contributed by atoms with Gasteiger partial charge in [0.05, 0.1) is 0 Å². The minimum absolute atomic E-state index is 0.414. The van der Waals surface area contributed by atoms with Gasteiger partial charge < -0.3 is 5.11 Å². The van der Waals surface area contributed by atoms with Crippen LogP contribution in [0, 0.1) is 0 Å². The van der Waals surface area contributed by atoms with Gasteiger partial charge in [-0.1, -0.05) is 18.2 Å².